The zero-order valence-corrected chi connectivity index (χ0v) is 13.1. The van der Waals surface area contributed by atoms with E-state index < -0.39 is 12.1 Å². The molecule has 1 heterocycles. The number of hydrogen-bond donors (Lipinski definition) is 1. The number of halogens is 3. The minimum Gasteiger partial charge on any atom is -0.349 e. The summed E-state index contributed by atoms with van der Waals surface area (Å²) in [5, 5.41) is 6.26. The highest BCUT2D eigenvalue weighted by atomic mass is 19.4. The SMILES string of the molecule is CC(C)C1CC1NC(=O)c1ccc(-c2noc(C(F)(F)F)n2)cc1. The van der Waals surface area contributed by atoms with Crippen molar-refractivity contribution in [2.75, 3.05) is 0 Å². The lowest BCUT2D eigenvalue weighted by molar-refractivity contribution is -0.159. The zero-order chi connectivity index (χ0) is 17.5. The molecule has 1 amide bonds. The van der Waals surface area contributed by atoms with Crippen LogP contribution in [-0.4, -0.2) is 22.1 Å². The van der Waals surface area contributed by atoms with E-state index in [0.29, 0.717) is 23.0 Å². The monoisotopic (exact) mass is 339 g/mol. The van der Waals surface area contributed by atoms with Crippen LogP contribution in [0.5, 0.6) is 0 Å². The van der Waals surface area contributed by atoms with E-state index in [1.165, 1.54) is 24.3 Å². The Balaban J connectivity index is 1.67. The third-order valence-corrected chi connectivity index (χ3v) is 4.09. The Bertz CT molecular complexity index is 738. The average molecular weight is 339 g/mol. The van der Waals surface area contributed by atoms with Crippen LogP contribution in [0, 0.1) is 11.8 Å². The molecule has 1 fully saturated rings. The molecule has 0 radical (unpaired) electrons. The van der Waals surface area contributed by atoms with Crippen molar-refractivity contribution in [3.8, 4) is 11.4 Å². The molecule has 8 heteroatoms. The zero-order valence-electron chi connectivity index (χ0n) is 13.1. The van der Waals surface area contributed by atoms with Gasteiger partial charge in [0.25, 0.3) is 5.91 Å². The molecule has 1 N–H and O–H groups in total. The fourth-order valence-corrected chi connectivity index (χ4v) is 2.60. The normalized spacial score (nSPS) is 20.2. The van der Waals surface area contributed by atoms with Crippen LogP contribution in [-0.2, 0) is 6.18 Å². The first-order valence-corrected chi connectivity index (χ1v) is 7.58. The molecule has 24 heavy (non-hydrogen) atoms. The molecule has 1 aromatic heterocycles. The van der Waals surface area contributed by atoms with Gasteiger partial charge in [-0.1, -0.05) is 31.1 Å². The van der Waals surface area contributed by atoms with Crippen molar-refractivity contribution in [2.45, 2.75) is 32.5 Å². The van der Waals surface area contributed by atoms with E-state index in [1.807, 2.05) is 0 Å². The first-order chi connectivity index (χ1) is 11.3. The molecular weight excluding hydrogens is 323 g/mol. The highest BCUT2D eigenvalue weighted by Crippen LogP contribution is 2.37. The van der Waals surface area contributed by atoms with Crippen molar-refractivity contribution >= 4 is 5.91 Å². The summed E-state index contributed by atoms with van der Waals surface area (Å²) >= 11 is 0. The summed E-state index contributed by atoms with van der Waals surface area (Å²) in [7, 11) is 0. The van der Waals surface area contributed by atoms with E-state index in [4.69, 9.17) is 0 Å². The maximum Gasteiger partial charge on any atom is 0.471 e. The van der Waals surface area contributed by atoms with Crippen LogP contribution in [0.25, 0.3) is 11.4 Å². The second-order valence-corrected chi connectivity index (χ2v) is 6.22. The van der Waals surface area contributed by atoms with Gasteiger partial charge in [-0.25, -0.2) is 0 Å². The van der Waals surface area contributed by atoms with Crippen molar-refractivity contribution in [2.24, 2.45) is 11.8 Å². The first kappa shape index (κ1) is 16.5. The third kappa shape index (κ3) is 3.42. The summed E-state index contributed by atoms with van der Waals surface area (Å²) in [6.07, 6.45) is -3.70. The van der Waals surface area contributed by atoms with Crippen LogP contribution in [0.15, 0.2) is 28.8 Å². The molecule has 0 saturated heterocycles. The number of aromatic nitrogens is 2. The number of carbonyl (C=O) groups is 1. The van der Waals surface area contributed by atoms with Crippen LogP contribution in [0.3, 0.4) is 0 Å². The largest absolute Gasteiger partial charge is 0.471 e. The predicted octanol–water partition coefficient (Wildman–Crippen LogP) is 3.53. The number of amides is 1. The number of hydrogen-bond acceptors (Lipinski definition) is 4. The van der Waals surface area contributed by atoms with Crippen molar-refractivity contribution in [1.82, 2.24) is 15.5 Å². The van der Waals surface area contributed by atoms with Gasteiger partial charge < -0.3 is 9.84 Å². The Hall–Kier alpha value is -2.38. The number of nitrogens with one attached hydrogen (secondary N) is 1. The minimum atomic E-state index is -4.68. The highest BCUT2D eigenvalue weighted by molar-refractivity contribution is 5.95. The number of benzene rings is 1. The number of alkyl halides is 3. The van der Waals surface area contributed by atoms with Gasteiger partial charge in [0.2, 0.25) is 5.82 Å². The van der Waals surface area contributed by atoms with Gasteiger partial charge in [-0.3, -0.25) is 4.79 Å². The van der Waals surface area contributed by atoms with Crippen LogP contribution >= 0.6 is 0 Å². The number of rotatable bonds is 4. The van der Waals surface area contributed by atoms with Gasteiger partial charge in [0.15, 0.2) is 0 Å². The van der Waals surface area contributed by atoms with Gasteiger partial charge in [0.05, 0.1) is 0 Å². The van der Waals surface area contributed by atoms with E-state index in [-0.39, 0.29) is 17.8 Å². The van der Waals surface area contributed by atoms with E-state index in [2.05, 4.69) is 33.8 Å². The smallest absolute Gasteiger partial charge is 0.349 e. The molecule has 2 aromatic rings. The minimum absolute atomic E-state index is 0.170. The van der Waals surface area contributed by atoms with E-state index >= 15 is 0 Å². The van der Waals surface area contributed by atoms with Crippen molar-refractivity contribution in [3.05, 3.63) is 35.7 Å². The van der Waals surface area contributed by atoms with Crippen LogP contribution < -0.4 is 5.32 Å². The van der Waals surface area contributed by atoms with Gasteiger partial charge >= 0.3 is 12.1 Å². The molecule has 1 saturated carbocycles. The summed E-state index contributed by atoms with van der Waals surface area (Å²) in [6.45, 7) is 4.23. The van der Waals surface area contributed by atoms with Crippen LogP contribution in [0.4, 0.5) is 13.2 Å². The molecule has 2 atom stereocenters. The lowest BCUT2D eigenvalue weighted by atomic mass is 10.1. The molecule has 5 nitrogen and oxygen atoms in total. The second-order valence-electron chi connectivity index (χ2n) is 6.22. The summed E-state index contributed by atoms with van der Waals surface area (Å²) in [6, 6.07) is 6.24. The molecule has 0 spiro atoms. The Kier molecular flexibility index (Phi) is 4.06. The van der Waals surface area contributed by atoms with E-state index in [9.17, 15) is 18.0 Å². The predicted molar refractivity (Wildman–Crippen MR) is 78.9 cm³/mol. The molecule has 0 bridgehead atoms. The summed E-state index contributed by atoms with van der Waals surface area (Å²) in [5.41, 5.74) is 0.782. The van der Waals surface area contributed by atoms with Crippen molar-refractivity contribution in [3.63, 3.8) is 0 Å². The molecule has 1 aliphatic rings. The Morgan fingerprint density at radius 2 is 1.96 bits per heavy atom. The molecule has 3 rings (SSSR count). The number of nitrogens with zero attached hydrogens (tertiary/aromatic N) is 2. The quantitative estimate of drug-likeness (QED) is 0.925. The Morgan fingerprint density at radius 3 is 2.46 bits per heavy atom. The highest BCUT2D eigenvalue weighted by Gasteiger charge is 2.40. The molecule has 128 valence electrons. The fourth-order valence-electron chi connectivity index (χ4n) is 2.60. The van der Waals surface area contributed by atoms with Gasteiger partial charge in [-0.05, 0) is 30.4 Å². The molecular formula is C16H16F3N3O2. The third-order valence-electron chi connectivity index (χ3n) is 4.09. The molecule has 1 aliphatic carbocycles. The standard InChI is InChI=1S/C16H16F3N3O2/c1-8(2)11-7-12(11)20-14(23)10-5-3-9(4-6-10)13-21-15(24-22-13)16(17,18)19/h3-6,8,11-12H,7H2,1-2H3,(H,20,23). The van der Waals surface area contributed by atoms with E-state index in [0.717, 1.165) is 6.42 Å². The van der Waals surface area contributed by atoms with Crippen LogP contribution in [0.2, 0.25) is 0 Å². The Morgan fingerprint density at radius 1 is 1.29 bits per heavy atom. The lowest BCUT2D eigenvalue weighted by Gasteiger charge is -2.06. The average Bonchev–Trinajstić information content (AvgIpc) is 3.09. The van der Waals surface area contributed by atoms with E-state index in [1.54, 1.807) is 0 Å². The lowest BCUT2D eigenvalue weighted by Crippen LogP contribution is -2.27. The Labute approximate surface area is 136 Å². The molecule has 2 unspecified atom stereocenters. The van der Waals surface area contributed by atoms with Gasteiger partial charge in [-0.2, -0.15) is 18.2 Å². The summed E-state index contributed by atoms with van der Waals surface area (Å²) < 4.78 is 41.6. The van der Waals surface area contributed by atoms with Crippen molar-refractivity contribution in [1.29, 1.82) is 0 Å². The maximum absolute atomic E-state index is 12.5. The first-order valence-electron chi connectivity index (χ1n) is 7.58. The van der Waals surface area contributed by atoms with Gasteiger partial charge in [-0.15, -0.1) is 0 Å². The topological polar surface area (TPSA) is 68.0 Å². The molecule has 0 aliphatic heterocycles. The number of carbonyl (C=O) groups excluding carboxylic acids is 1. The van der Waals surface area contributed by atoms with Gasteiger partial charge in [0, 0.05) is 17.2 Å². The molecule has 1 aromatic carbocycles. The summed E-state index contributed by atoms with van der Waals surface area (Å²) in [5.74, 6) is -0.727. The van der Waals surface area contributed by atoms with Gasteiger partial charge in [0.1, 0.15) is 0 Å². The second kappa shape index (κ2) is 5.92. The fraction of sp³-hybridized carbons (Fsp3) is 0.438. The maximum atomic E-state index is 12.5. The van der Waals surface area contributed by atoms with Crippen molar-refractivity contribution < 1.29 is 22.5 Å². The van der Waals surface area contributed by atoms with Crippen LogP contribution in [0.1, 0.15) is 36.5 Å². The summed E-state index contributed by atoms with van der Waals surface area (Å²) in [4.78, 5) is 15.4.